The third-order valence-electron chi connectivity index (χ3n) is 2.60. The van der Waals surface area contributed by atoms with Crippen molar-refractivity contribution in [3.05, 3.63) is 11.4 Å². The predicted molar refractivity (Wildman–Crippen MR) is 65.6 cm³/mol. The Balaban J connectivity index is 2.94. The summed E-state index contributed by atoms with van der Waals surface area (Å²) in [6.07, 6.45) is 0.609. The first-order valence-corrected chi connectivity index (χ1v) is 6.99. The number of aromatic nitrogens is 2. The molecular formula is C10H19N3O4S. The van der Waals surface area contributed by atoms with Crippen molar-refractivity contribution in [2.75, 3.05) is 27.3 Å². The van der Waals surface area contributed by atoms with Crippen LogP contribution in [-0.4, -0.2) is 55.3 Å². The molecule has 0 bridgehead atoms. The highest BCUT2D eigenvalue weighted by Gasteiger charge is 2.27. The Morgan fingerprint density at radius 1 is 1.50 bits per heavy atom. The molecule has 0 spiro atoms. The highest BCUT2D eigenvalue weighted by Crippen LogP contribution is 2.21. The molecule has 1 rings (SSSR count). The van der Waals surface area contributed by atoms with Crippen molar-refractivity contribution >= 4 is 10.0 Å². The largest absolute Gasteiger partial charge is 0.390 e. The number of ether oxygens (including phenoxy) is 1. The summed E-state index contributed by atoms with van der Waals surface area (Å²) < 4.78 is 30.7. The predicted octanol–water partition coefficient (Wildman–Crippen LogP) is -0.133. The standard InChI is InChI=1S/C10H19N3O4S/c1-8-10(9(7-14)12-11-8)18(15,16)13(2)5-4-6-17-3/h14H,4-7H2,1-3H3,(H,11,12). The number of aryl methyl sites for hydroxylation is 1. The molecule has 0 aliphatic carbocycles. The van der Waals surface area contributed by atoms with Gasteiger partial charge in [-0.3, -0.25) is 5.10 Å². The monoisotopic (exact) mass is 277 g/mol. The molecule has 0 atom stereocenters. The highest BCUT2D eigenvalue weighted by atomic mass is 32.2. The molecular weight excluding hydrogens is 258 g/mol. The van der Waals surface area contributed by atoms with Crippen molar-refractivity contribution in [3.8, 4) is 0 Å². The molecule has 0 saturated carbocycles. The average molecular weight is 277 g/mol. The van der Waals surface area contributed by atoms with Gasteiger partial charge < -0.3 is 9.84 Å². The zero-order valence-corrected chi connectivity index (χ0v) is 11.6. The van der Waals surface area contributed by atoms with E-state index in [1.807, 2.05) is 0 Å². The maximum atomic E-state index is 12.3. The molecule has 1 aromatic heterocycles. The second kappa shape index (κ2) is 6.28. The van der Waals surface area contributed by atoms with Gasteiger partial charge in [-0.1, -0.05) is 0 Å². The van der Waals surface area contributed by atoms with Crippen LogP contribution in [0.15, 0.2) is 4.90 Å². The third kappa shape index (κ3) is 3.08. The molecule has 1 heterocycles. The number of rotatable bonds is 7. The van der Waals surface area contributed by atoms with Gasteiger partial charge in [0, 0.05) is 27.3 Å². The van der Waals surface area contributed by atoms with Gasteiger partial charge in [-0.2, -0.15) is 5.10 Å². The molecule has 7 nitrogen and oxygen atoms in total. The lowest BCUT2D eigenvalue weighted by atomic mass is 10.4. The summed E-state index contributed by atoms with van der Waals surface area (Å²) in [5.41, 5.74) is 0.573. The highest BCUT2D eigenvalue weighted by molar-refractivity contribution is 7.89. The first-order chi connectivity index (χ1) is 8.45. The van der Waals surface area contributed by atoms with E-state index in [0.29, 0.717) is 25.3 Å². The second-order valence-electron chi connectivity index (χ2n) is 3.96. The van der Waals surface area contributed by atoms with Gasteiger partial charge in [-0.15, -0.1) is 0 Å². The number of sulfonamides is 1. The first kappa shape index (κ1) is 15.1. The summed E-state index contributed by atoms with van der Waals surface area (Å²) in [5.74, 6) is 0. The summed E-state index contributed by atoms with van der Waals surface area (Å²) in [6.45, 7) is 2.05. The number of aromatic amines is 1. The van der Waals surface area contributed by atoms with Gasteiger partial charge in [0.05, 0.1) is 12.3 Å². The minimum Gasteiger partial charge on any atom is -0.390 e. The molecule has 0 unspecified atom stereocenters. The Labute approximate surface area is 107 Å². The summed E-state index contributed by atoms with van der Waals surface area (Å²) >= 11 is 0. The number of methoxy groups -OCH3 is 1. The fourth-order valence-corrected chi connectivity index (χ4v) is 3.15. The van der Waals surface area contributed by atoms with Gasteiger partial charge in [0.25, 0.3) is 0 Å². The smallest absolute Gasteiger partial charge is 0.246 e. The molecule has 2 N–H and O–H groups in total. The average Bonchev–Trinajstić information content (AvgIpc) is 2.71. The van der Waals surface area contributed by atoms with E-state index < -0.39 is 16.6 Å². The van der Waals surface area contributed by atoms with Gasteiger partial charge in [0.1, 0.15) is 10.6 Å². The quantitative estimate of drug-likeness (QED) is 0.677. The molecule has 0 radical (unpaired) electrons. The Bertz CT molecular complexity index is 483. The van der Waals surface area contributed by atoms with Crippen molar-refractivity contribution in [1.29, 1.82) is 0 Å². The van der Waals surface area contributed by atoms with Crippen LogP contribution in [0.1, 0.15) is 17.8 Å². The number of aliphatic hydroxyl groups excluding tert-OH is 1. The summed E-state index contributed by atoms with van der Waals surface area (Å²) in [5, 5.41) is 15.5. The fourth-order valence-electron chi connectivity index (χ4n) is 1.63. The summed E-state index contributed by atoms with van der Waals surface area (Å²) in [6, 6.07) is 0. The van der Waals surface area contributed by atoms with Crippen LogP contribution in [-0.2, 0) is 21.4 Å². The van der Waals surface area contributed by atoms with Crippen molar-refractivity contribution in [1.82, 2.24) is 14.5 Å². The Kier molecular flexibility index (Phi) is 5.27. The van der Waals surface area contributed by atoms with Crippen LogP contribution in [0.3, 0.4) is 0 Å². The lowest BCUT2D eigenvalue weighted by Gasteiger charge is -2.17. The van der Waals surface area contributed by atoms with E-state index >= 15 is 0 Å². The van der Waals surface area contributed by atoms with Crippen LogP contribution in [0.4, 0.5) is 0 Å². The number of hydrogen-bond acceptors (Lipinski definition) is 5. The molecule has 8 heteroatoms. The molecule has 0 aliphatic rings. The van der Waals surface area contributed by atoms with E-state index in [4.69, 9.17) is 9.84 Å². The van der Waals surface area contributed by atoms with Crippen molar-refractivity contribution < 1.29 is 18.3 Å². The molecule has 1 aromatic rings. The van der Waals surface area contributed by atoms with Gasteiger partial charge in [-0.25, -0.2) is 12.7 Å². The molecule has 0 fully saturated rings. The van der Waals surface area contributed by atoms with Crippen LogP contribution < -0.4 is 0 Å². The minimum atomic E-state index is -3.63. The number of hydrogen-bond donors (Lipinski definition) is 2. The lowest BCUT2D eigenvalue weighted by molar-refractivity contribution is 0.189. The van der Waals surface area contributed by atoms with E-state index in [1.165, 1.54) is 11.4 Å². The Hall–Kier alpha value is -0.960. The van der Waals surface area contributed by atoms with Gasteiger partial charge in [-0.05, 0) is 13.3 Å². The van der Waals surface area contributed by atoms with E-state index in [-0.39, 0.29) is 10.6 Å². The number of nitrogens with zero attached hydrogens (tertiary/aromatic N) is 2. The first-order valence-electron chi connectivity index (χ1n) is 5.55. The molecule has 0 amide bonds. The van der Waals surface area contributed by atoms with Crippen LogP contribution in [0, 0.1) is 6.92 Å². The third-order valence-corrected chi connectivity index (χ3v) is 4.66. The van der Waals surface area contributed by atoms with Crippen molar-refractivity contribution in [2.24, 2.45) is 0 Å². The molecule has 18 heavy (non-hydrogen) atoms. The Morgan fingerprint density at radius 2 is 2.17 bits per heavy atom. The maximum Gasteiger partial charge on any atom is 0.246 e. The molecule has 0 aromatic carbocycles. The van der Waals surface area contributed by atoms with Gasteiger partial charge in [0.15, 0.2) is 0 Å². The number of H-pyrrole nitrogens is 1. The summed E-state index contributed by atoms with van der Waals surface area (Å²) in [7, 11) is -0.559. The summed E-state index contributed by atoms with van der Waals surface area (Å²) in [4.78, 5) is 0.0601. The Morgan fingerprint density at radius 3 is 2.72 bits per heavy atom. The molecule has 104 valence electrons. The maximum absolute atomic E-state index is 12.3. The number of aliphatic hydroxyl groups is 1. The van der Waals surface area contributed by atoms with Crippen molar-refractivity contribution in [3.63, 3.8) is 0 Å². The lowest BCUT2D eigenvalue weighted by Crippen LogP contribution is -2.29. The SMILES string of the molecule is COCCCN(C)S(=O)(=O)c1c(CO)n[nH]c1C. The van der Waals surface area contributed by atoms with Gasteiger partial charge >= 0.3 is 0 Å². The van der Waals surface area contributed by atoms with E-state index in [1.54, 1.807) is 14.0 Å². The fraction of sp³-hybridized carbons (Fsp3) is 0.700. The zero-order valence-electron chi connectivity index (χ0n) is 10.8. The number of nitrogens with one attached hydrogen (secondary N) is 1. The van der Waals surface area contributed by atoms with E-state index in [0.717, 1.165) is 0 Å². The molecule has 0 saturated heterocycles. The zero-order chi connectivity index (χ0) is 13.8. The molecule has 0 aliphatic heterocycles. The second-order valence-corrected chi connectivity index (χ2v) is 5.94. The topological polar surface area (TPSA) is 95.5 Å². The van der Waals surface area contributed by atoms with Crippen LogP contribution in [0.5, 0.6) is 0 Å². The van der Waals surface area contributed by atoms with Crippen LogP contribution in [0.25, 0.3) is 0 Å². The normalized spacial score (nSPS) is 12.3. The van der Waals surface area contributed by atoms with E-state index in [2.05, 4.69) is 10.2 Å². The van der Waals surface area contributed by atoms with E-state index in [9.17, 15) is 8.42 Å². The van der Waals surface area contributed by atoms with Crippen LogP contribution in [0.2, 0.25) is 0 Å². The van der Waals surface area contributed by atoms with Crippen LogP contribution >= 0.6 is 0 Å². The van der Waals surface area contributed by atoms with Gasteiger partial charge in [0.2, 0.25) is 10.0 Å². The van der Waals surface area contributed by atoms with Crippen molar-refractivity contribution in [2.45, 2.75) is 24.8 Å². The minimum absolute atomic E-state index is 0.0601.